The van der Waals surface area contributed by atoms with Crippen LogP contribution < -0.4 is 11.2 Å². The maximum Gasteiger partial charge on any atom is 0.337 e. The minimum atomic E-state index is -1.44. The molecule has 3 N–H and O–H groups in total. The van der Waals surface area contributed by atoms with E-state index in [1.807, 2.05) is 0 Å². The van der Waals surface area contributed by atoms with E-state index in [0.717, 1.165) is 29.1 Å². The number of allylic oxidation sites excluding steroid dienone is 1. The van der Waals surface area contributed by atoms with Crippen molar-refractivity contribution in [1.82, 2.24) is 9.13 Å². The summed E-state index contributed by atoms with van der Waals surface area (Å²) in [6.07, 6.45) is -1.64. The molecule has 0 aliphatic carbocycles. The SMILES string of the molecule is O=C/C=C/n1c(=O)ccn(C2O[C@H](CO)[C@@H](O)[C@H]2O)c1=O. The molecule has 0 bridgehead atoms. The van der Waals surface area contributed by atoms with E-state index in [1.165, 1.54) is 0 Å². The molecule has 9 heteroatoms. The molecule has 0 aromatic carbocycles. The van der Waals surface area contributed by atoms with Gasteiger partial charge in [0, 0.05) is 18.5 Å². The summed E-state index contributed by atoms with van der Waals surface area (Å²) >= 11 is 0. The molecule has 1 aromatic heterocycles. The van der Waals surface area contributed by atoms with Gasteiger partial charge in [-0.1, -0.05) is 0 Å². The molecule has 1 saturated heterocycles. The van der Waals surface area contributed by atoms with Crippen LogP contribution in [0.2, 0.25) is 0 Å². The van der Waals surface area contributed by atoms with Gasteiger partial charge in [0.25, 0.3) is 5.56 Å². The molecule has 1 aliphatic rings. The maximum atomic E-state index is 12.2. The van der Waals surface area contributed by atoms with Gasteiger partial charge in [0.1, 0.15) is 24.6 Å². The van der Waals surface area contributed by atoms with Crippen molar-refractivity contribution in [1.29, 1.82) is 0 Å². The quantitative estimate of drug-likeness (QED) is 0.407. The highest BCUT2D eigenvalue weighted by molar-refractivity contribution is 5.69. The number of aldehydes is 1. The average Bonchev–Trinajstić information content (AvgIpc) is 2.75. The summed E-state index contributed by atoms with van der Waals surface area (Å²) in [5.74, 6) is 0. The largest absolute Gasteiger partial charge is 0.394 e. The van der Waals surface area contributed by atoms with Gasteiger partial charge < -0.3 is 20.1 Å². The van der Waals surface area contributed by atoms with E-state index in [1.54, 1.807) is 0 Å². The normalized spacial score (nSPS) is 29.1. The monoisotopic (exact) mass is 298 g/mol. The van der Waals surface area contributed by atoms with Gasteiger partial charge in [-0.05, 0) is 6.08 Å². The number of carbonyl (C=O) groups is 1. The number of ether oxygens (including phenoxy) is 1. The molecule has 1 unspecified atom stereocenters. The van der Waals surface area contributed by atoms with E-state index in [2.05, 4.69) is 0 Å². The lowest BCUT2D eigenvalue weighted by Crippen LogP contribution is -2.41. The molecule has 1 aromatic rings. The molecular formula is C12H14N2O7. The van der Waals surface area contributed by atoms with Gasteiger partial charge in [-0.25, -0.2) is 9.36 Å². The van der Waals surface area contributed by atoms with Crippen LogP contribution in [-0.2, 0) is 9.53 Å². The summed E-state index contributed by atoms with van der Waals surface area (Å²) in [6.45, 7) is -0.534. The number of nitrogens with zero attached hydrogens (tertiary/aromatic N) is 2. The van der Waals surface area contributed by atoms with Crippen molar-refractivity contribution in [3.63, 3.8) is 0 Å². The lowest BCUT2D eigenvalue weighted by atomic mass is 10.1. The van der Waals surface area contributed by atoms with Crippen molar-refractivity contribution in [2.75, 3.05) is 6.61 Å². The van der Waals surface area contributed by atoms with Crippen molar-refractivity contribution >= 4 is 12.5 Å². The van der Waals surface area contributed by atoms with Gasteiger partial charge in [0.05, 0.1) is 6.61 Å². The molecule has 0 spiro atoms. The molecule has 0 saturated carbocycles. The second-order valence-corrected chi connectivity index (χ2v) is 4.42. The molecule has 114 valence electrons. The third kappa shape index (κ3) is 2.72. The van der Waals surface area contributed by atoms with Crippen LogP contribution in [0.3, 0.4) is 0 Å². The summed E-state index contributed by atoms with van der Waals surface area (Å²) in [5.41, 5.74) is -1.52. The summed E-state index contributed by atoms with van der Waals surface area (Å²) in [4.78, 5) is 34.0. The van der Waals surface area contributed by atoms with E-state index in [4.69, 9.17) is 9.84 Å². The summed E-state index contributed by atoms with van der Waals surface area (Å²) in [7, 11) is 0. The molecule has 9 nitrogen and oxygen atoms in total. The van der Waals surface area contributed by atoms with Crippen LogP contribution in [0, 0.1) is 0 Å². The molecule has 0 amide bonds. The highest BCUT2D eigenvalue weighted by atomic mass is 16.6. The first-order chi connectivity index (χ1) is 10.0. The number of rotatable bonds is 4. The van der Waals surface area contributed by atoms with Crippen molar-refractivity contribution in [2.24, 2.45) is 0 Å². The van der Waals surface area contributed by atoms with Gasteiger partial charge in [-0.2, -0.15) is 0 Å². The van der Waals surface area contributed by atoms with Crippen LogP contribution >= 0.6 is 0 Å². The summed E-state index contributed by atoms with van der Waals surface area (Å²) in [6, 6.07) is 1.05. The Hall–Kier alpha value is -2.07. The number of aromatic nitrogens is 2. The molecule has 0 radical (unpaired) electrons. The van der Waals surface area contributed by atoms with E-state index in [-0.39, 0.29) is 0 Å². The minimum Gasteiger partial charge on any atom is -0.394 e. The van der Waals surface area contributed by atoms with Crippen LogP contribution in [-0.4, -0.2) is 55.7 Å². The third-order valence-electron chi connectivity index (χ3n) is 3.15. The highest BCUT2D eigenvalue weighted by Crippen LogP contribution is 2.27. The zero-order valence-corrected chi connectivity index (χ0v) is 10.8. The van der Waals surface area contributed by atoms with Gasteiger partial charge in [-0.3, -0.25) is 14.2 Å². The Kier molecular flexibility index (Phi) is 4.48. The smallest absolute Gasteiger partial charge is 0.337 e. The van der Waals surface area contributed by atoms with E-state index >= 15 is 0 Å². The first-order valence-corrected chi connectivity index (χ1v) is 6.09. The Bertz CT molecular complexity index is 662. The fourth-order valence-corrected chi connectivity index (χ4v) is 2.07. The van der Waals surface area contributed by atoms with Crippen molar-refractivity contribution in [2.45, 2.75) is 24.5 Å². The Labute approximate surface area is 117 Å². The van der Waals surface area contributed by atoms with E-state index in [9.17, 15) is 24.6 Å². The first kappa shape index (κ1) is 15.3. The number of aliphatic hydroxyl groups excluding tert-OH is 3. The van der Waals surface area contributed by atoms with Gasteiger partial charge in [-0.15, -0.1) is 0 Å². The zero-order valence-electron chi connectivity index (χ0n) is 10.8. The van der Waals surface area contributed by atoms with Crippen LogP contribution in [0.4, 0.5) is 0 Å². The van der Waals surface area contributed by atoms with Crippen molar-refractivity contribution in [3.05, 3.63) is 39.2 Å². The van der Waals surface area contributed by atoms with Gasteiger partial charge in [0.15, 0.2) is 6.23 Å². The van der Waals surface area contributed by atoms with Crippen LogP contribution in [0.1, 0.15) is 6.23 Å². The van der Waals surface area contributed by atoms with Crippen LogP contribution in [0.5, 0.6) is 0 Å². The van der Waals surface area contributed by atoms with Crippen molar-refractivity contribution < 1.29 is 24.9 Å². The molecule has 21 heavy (non-hydrogen) atoms. The second-order valence-electron chi connectivity index (χ2n) is 4.42. The Morgan fingerprint density at radius 3 is 2.57 bits per heavy atom. The molecule has 2 heterocycles. The predicted molar refractivity (Wildman–Crippen MR) is 69.4 cm³/mol. The lowest BCUT2D eigenvalue weighted by Gasteiger charge is -2.17. The Balaban J connectivity index is 2.46. The van der Waals surface area contributed by atoms with Crippen molar-refractivity contribution in [3.8, 4) is 0 Å². The van der Waals surface area contributed by atoms with Crippen LogP contribution in [0.25, 0.3) is 6.20 Å². The second kappa shape index (κ2) is 6.14. The van der Waals surface area contributed by atoms with E-state index in [0.29, 0.717) is 10.9 Å². The Morgan fingerprint density at radius 2 is 2.00 bits per heavy atom. The molecule has 2 rings (SSSR count). The molecular weight excluding hydrogens is 284 g/mol. The zero-order chi connectivity index (χ0) is 15.6. The topological polar surface area (TPSA) is 131 Å². The Morgan fingerprint density at radius 1 is 1.29 bits per heavy atom. The number of carbonyl (C=O) groups excluding carboxylic acids is 1. The number of hydrogen-bond donors (Lipinski definition) is 3. The summed E-state index contributed by atoms with van der Waals surface area (Å²) in [5, 5.41) is 28.5. The van der Waals surface area contributed by atoms with Crippen LogP contribution in [0.15, 0.2) is 27.9 Å². The highest BCUT2D eigenvalue weighted by Gasteiger charge is 2.43. The molecule has 1 fully saturated rings. The fraction of sp³-hybridized carbons (Fsp3) is 0.417. The number of hydrogen-bond acceptors (Lipinski definition) is 7. The minimum absolute atomic E-state index is 0.398. The average molecular weight is 298 g/mol. The van der Waals surface area contributed by atoms with E-state index < -0.39 is 42.4 Å². The fourth-order valence-electron chi connectivity index (χ4n) is 2.07. The molecule has 4 atom stereocenters. The maximum absolute atomic E-state index is 12.2. The molecule has 1 aliphatic heterocycles. The third-order valence-corrected chi connectivity index (χ3v) is 3.15. The number of aliphatic hydroxyl groups is 3. The van der Waals surface area contributed by atoms with Gasteiger partial charge in [0.2, 0.25) is 0 Å². The predicted octanol–water partition coefficient (Wildman–Crippen LogP) is -2.71. The first-order valence-electron chi connectivity index (χ1n) is 6.09. The lowest BCUT2D eigenvalue weighted by molar-refractivity contribution is -0.104. The standard InChI is InChI=1S/C12H14N2O7/c15-5-1-3-13-8(17)2-4-14(12(13)20)11-10(19)9(18)7(6-16)21-11/h1-5,7,9-11,16,18-19H,6H2/b3-1+/t7-,9-,10-,11?/m1/s1. The van der Waals surface area contributed by atoms with Gasteiger partial charge >= 0.3 is 5.69 Å². The summed E-state index contributed by atoms with van der Waals surface area (Å²) < 4.78 is 6.76.